The Balaban J connectivity index is -0.000000196. The van der Waals surface area contributed by atoms with Crippen LogP contribution in [0.3, 0.4) is 0 Å². The number of ether oxygens (including phenoxy) is 1. The first-order valence-electron chi connectivity index (χ1n) is 4.86. The molecular weight excluding hydrogens is 244 g/mol. The number of hydrogen-bond acceptors (Lipinski definition) is 6. The van der Waals surface area contributed by atoms with Gasteiger partial charge in [0.2, 0.25) is 0 Å². The molecule has 0 aliphatic rings. The second-order valence-electron chi connectivity index (χ2n) is 3.19. The van der Waals surface area contributed by atoms with Crippen LogP contribution in [0, 0.1) is 0 Å². The average molecular weight is 262 g/mol. The second-order valence-corrected chi connectivity index (χ2v) is 3.19. The van der Waals surface area contributed by atoms with E-state index in [1.165, 1.54) is 27.7 Å². The number of rotatable bonds is 2. The van der Waals surface area contributed by atoms with Crippen molar-refractivity contribution in [3.63, 3.8) is 0 Å². The van der Waals surface area contributed by atoms with E-state index < -0.39 is 17.9 Å². The van der Waals surface area contributed by atoms with Gasteiger partial charge in [0.05, 0.1) is 6.42 Å². The highest BCUT2D eigenvalue weighted by Crippen LogP contribution is 1.80. The smallest absolute Gasteiger partial charge is 0.310 e. The lowest BCUT2D eigenvalue weighted by Crippen LogP contribution is -2.03. The normalized spacial score (nSPS) is 7.61. The highest BCUT2D eigenvalue weighted by Gasteiger charge is 1.95. The third-order valence-corrected chi connectivity index (χ3v) is 0.785. The van der Waals surface area contributed by atoms with Gasteiger partial charge in [0.15, 0.2) is 0 Å². The van der Waals surface area contributed by atoms with E-state index in [4.69, 9.17) is 9.90 Å². The lowest BCUT2D eigenvalue weighted by molar-refractivity contribution is -0.156. The Kier molecular flexibility index (Phi) is 15.4. The molecule has 0 aromatic carbocycles. The Morgan fingerprint density at radius 3 is 1.00 bits per heavy atom. The number of carboxylic acid groups (broad SMARTS) is 1. The third-order valence-electron chi connectivity index (χ3n) is 0.785. The van der Waals surface area contributed by atoms with Crippen LogP contribution < -0.4 is 0 Å². The van der Waals surface area contributed by atoms with E-state index in [2.05, 4.69) is 4.74 Å². The summed E-state index contributed by atoms with van der Waals surface area (Å²) < 4.78 is 3.97. The topological polar surface area (TPSA) is 115 Å². The van der Waals surface area contributed by atoms with Gasteiger partial charge in [-0.2, -0.15) is 0 Å². The van der Waals surface area contributed by atoms with E-state index in [1.54, 1.807) is 0 Å². The molecule has 0 atom stereocenters. The summed E-state index contributed by atoms with van der Waals surface area (Å²) >= 11 is 0. The minimum atomic E-state index is -0.833. The van der Waals surface area contributed by atoms with Gasteiger partial charge in [0.25, 0.3) is 5.97 Å². The monoisotopic (exact) mass is 262 g/mol. The van der Waals surface area contributed by atoms with Crippen LogP contribution in [0.25, 0.3) is 0 Å². The van der Waals surface area contributed by atoms with Gasteiger partial charge in [-0.05, 0) is 13.8 Å². The summed E-state index contributed by atoms with van der Waals surface area (Å²) in [4.78, 5) is 48.7. The number of aliphatic carboxylic acids is 1. The number of ketones is 2. The van der Waals surface area contributed by atoms with Crippen LogP contribution in [0.2, 0.25) is 0 Å². The van der Waals surface area contributed by atoms with Crippen LogP contribution >= 0.6 is 0 Å². The van der Waals surface area contributed by atoms with E-state index in [0.717, 1.165) is 6.92 Å². The van der Waals surface area contributed by atoms with Gasteiger partial charge >= 0.3 is 11.9 Å². The predicted molar refractivity (Wildman–Crippen MR) is 61.7 cm³/mol. The van der Waals surface area contributed by atoms with Crippen molar-refractivity contribution in [3.8, 4) is 0 Å². The minimum absolute atomic E-state index is 0.0625. The summed E-state index contributed by atoms with van der Waals surface area (Å²) in [5.74, 6) is -2.08. The summed E-state index contributed by atoms with van der Waals surface area (Å²) in [6.07, 6.45) is 0.0833. The molecule has 0 saturated carbocycles. The van der Waals surface area contributed by atoms with Crippen molar-refractivity contribution in [3.05, 3.63) is 0 Å². The summed E-state index contributed by atoms with van der Waals surface area (Å²) in [5.41, 5.74) is 0. The van der Waals surface area contributed by atoms with Crippen LogP contribution in [0.5, 0.6) is 0 Å². The molecule has 7 heteroatoms. The standard InChI is InChI=1S/C5H8O2.C4H6O3.C2H4O2/c1-4(6)3-5(2)7;1-3(5)7-4(2)6;1-2(3)4/h3H2,1-2H3;1-2H3;1H3,(H,3,4). The summed E-state index contributed by atoms with van der Waals surface area (Å²) in [7, 11) is 0. The number of carbonyl (C=O) groups excluding carboxylic acids is 4. The Labute approximate surface area is 105 Å². The van der Waals surface area contributed by atoms with E-state index in [-0.39, 0.29) is 18.0 Å². The molecular formula is C11H18O7. The number of Topliss-reactive ketones (excluding diaryl/α,β-unsaturated/α-hetero) is 2. The molecule has 0 aromatic rings. The van der Waals surface area contributed by atoms with Crippen molar-refractivity contribution in [1.82, 2.24) is 0 Å². The molecule has 0 aliphatic heterocycles. The molecule has 0 saturated heterocycles. The van der Waals surface area contributed by atoms with Gasteiger partial charge in [-0.25, -0.2) is 0 Å². The van der Waals surface area contributed by atoms with Gasteiger partial charge < -0.3 is 9.84 Å². The lowest BCUT2D eigenvalue weighted by atomic mass is 10.2. The molecule has 0 amide bonds. The zero-order chi connectivity index (χ0) is 15.3. The molecule has 1 N–H and O–H groups in total. The molecule has 0 unspecified atom stereocenters. The first-order chi connectivity index (χ1) is 7.98. The van der Waals surface area contributed by atoms with Crippen molar-refractivity contribution in [1.29, 1.82) is 0 Å². The zero-order valence-electron chi connectivity index (χ0n) is 11.1. The van der Waals surface area contributed by atoms with Gasteiger partial charge in [0.1, 0.15) is 11.6 Å². The average Bonchev–Trinajstić information content (AvgIpc) is 1.96. The van der Waals surface area contributed by atoms with E-state index in [1.807, 2.05) is 0 Å². The third kappa shape index (κ3) is 66.1. The maximum atomic E-state index is 10.0. The molecule has 0 aliphatic carbocycles. The fourth-order valence-electron chi connectivity index (χ4n) is 0.553. The van der Waals surface area contributed by atoms with Crippen molar-refractivity contribution in [2.24, 2.45) is 0 Å². The molecule has 0 radical (unpaired) electrons. The van der Waals surface area contributed by atoms with Crippen molar-refractivity contribution < 1.29 is 33.8 Å². The van der Waals surface area contributed by atoms with Crippen LogP contribution in [-0.2, 0) is 28.7 Å². The predicted octanol–water partition coefficient (Wildman–Crippen LogP) is 0.741. The maximum Gasteiger partial charge on any atom is 0.310 e. The zero-order valence-corrected chi connectivity index (χ0v) is 11.1. The Bertz CT molecular complexity index is 263. The molecule has 0 bridgehead atoms. The molecule has 7 nitrogen and oxygen atoms in total. The molecule has 0 fully saturated rings. The summed E-state index contributed by atoms with van der Waals surface area (Å²) in [5, 5.41) is 7.42. The van der Waals surface area contributed by atoms with Crippen molar-refractivity contribution in [2.75, 3.05) is 0 Å². The van der Waals surface area contributed by atoms with E-state index in [0.29, 0.717) is 0 Å². The number of hydrogen-bond donors (Lipinski definition) is 1. The Morgan fingerprint density at radius 1 is 0.778 bits per heavy atom. The van der Waals surface area contributed by atoms with Crippen LogP contribution in [-0.4, -0.2) is 34.6 Å². The van der Waals surface area contributed by atoms with Crippen LogP contribution in [0.4, 0.5) is 0 Å². The van der Waals surface area contributed by atoms with Crippen LogP contribution in [0.1, 0.15) is 41.0 Å². The fraction of sp³-hybridized carbons (Fsp3) is 0.545. The molecule has 0 spiro atoms. The van der Waals surface area contributed by atoms with Gasteiger partial charge in [-0.1, -0.05) is 0 Å². The van der Waals surface area contributed by atoms with Gasteiger partial charge in [-0.3, -0.25) is 24.0 Å². The Hall–Kier alpha value is -2.05. The molecule has 18 heavy (non-hydrogen) atoms. The van der Waals surface area contributed by atoms with Gasteiger partial charge in [0, 0.05) is 20.8 Å². The first kappa shape index (κ1) is 21.3. The van der Waals surface area contributed by atoms with Gasteiger partial charge in [-0.15, -0.1) is 0 Å². The Morgan fingerprint density at radius 2 is 1.00 bits per heavy atom. The molecule has 0 heterocycles. The molecule has 0 rings (SSSR count). The largest absolute Gasteiger partial charge is 0.481 e. The van der Waals surface area contributed by atoms with Crippen LogP contribution in [0.15, 0.2) is 0 Å². The number of carbonyl (C=O) groups is 5. The molecule has 0 aromatic heterocycles. The SMILES string of the molecule is CC(=O)CC(C)=O.CC(=O)O.CC(=O)OC(C)=O. The minimum Gasteiger partial charge on any atom is -0.481 e. The highest BCUT2D eigenvalue weighted by molar-refractivity contribution is 5.96. The van der Waals surface area contributed by atoms with Crippen molar-refractivity contribution in [2.45, 2.75) is 41.0 Å². The maximum absolute atomic E-state index is 10.0. The lowest BCUT2D eigenvalue weighted by Gasteiger charge is -1.87. The van der Waals surface area contributed by atoms with Crippen molar-refractivity contribution >= 4 is 29.5 Å². The quantitative estimate of drug-likeness (QED) is 0.576. The first-order valence-corrected chi connectivity index (χ1v) is 4.86. The molecule has 104 valence electrons. The number of carboxylic acids is 1. The van der Waals surface area contributed by atoms with E-state index >= 15 is 0 Å². The summed E-state index contributed by atoms with van der Waals surface area (Å²) in [6.45, 7) is 6.26. The summed E-state index contributed by atoms with van der Waals surface area (Å²) in [6, 6.07) is 0. The fourth-order valence-corrected chi connectivity index (χ4v) is 0.553. The number of esters is 2. The van der Waals surface area contributed by atoms with E-state index in [9.17, 15) is 19.2 Å². The highest BCUT2D eigenvalue weighted by atomic mass is 16.6. The second kappa shape index (κ2) is 13.0.